The zero-order chi connectivity index (χ0) is 19.6. The van der Waals surface area contributed by atoms with E-state index in [0.717, 1.165) is 5.56 Å². The van der Waals surface area contributed by atoms with Gasteiger partial charge in [-0.15, -0.1) is 0 Å². The molecule has 0 spiro atoms. The number of carbonyl (C=O) groups excluding carboxylic acids is 2. The number of ether oxygens (including phenoxy) is 1. The van der Waals surface area contributed by atoms with Crippen LogP contribution in [0, 0.1) is 5.92 Å². The van der Waals surface area contributed by atoms with Crippen LogP contribution in [0.3, 0.4) is 0 Å². The molecule has 0 bridgehead atoms. The largest absolute Gasteiger partial charge is 0.477 e. The van der Waals surface area contributed by atoms with Crippen LogP contribution in [0.2, 0.25) is 5.02 Å². The van der Waals surface area contributed by atoms with Crippen molar-refractivity contribution < 1.29 is 14.3 Å². The SMILES string of the molecule is CC(=O)N1C[C@@H](C(=O)N[C@H](c2ccc(Cl)cc2)C(C)C)Oc2ccccc21. The van der Waals surface area contributed by atoms with Gasteiger partial charge in [0.1, 0.15) is 5.75 Å². The number of carbonyl (C=O) groups is 2. The summed E-state index contributed by atoms with van der Waals surface area (Å²) in [6, 6.07) is 14.5. The molecule has 5 nitrogen and oxygen atoms in total. The van der Waals surface area contributed by atoms with Gasteiger partial charge in [0.15, 0.2) is 6.10 Å². The van der Waals surface area contributed by atoms with Gasteiger partial charge in [-0.05, 0) is 35.7 Å². The van der Waals surface area contributed by atoms with Crippen molar-refractivity contribution in [3.05, 3.63) is 59.1 Å². The lowest BCUT2D eigenvalue weighted by molar-refractivity contribution is -0.129. The first-order chi connectivity index (χ1) is 12.9. The van der Waals surface area contributed by atoms with Gasteiger partial charge in [0, 0.05) is 11.9 Å². The molecule has 0 aromatic heterocycles. The minimum absolute atomic E-state index is 0.123. The monoisotopic (exact) mass is 386 g/mol. The second-order valence-electron chi connectivity index (χ2n) is 6.99. The second kappa shape index (κ2) is 8.01. The van der Waals surface area contributed by atoms with Gasteiger partial charge < -0.3 is 15.0 Å². The van der Waals surface area contributed by atoms with E-state index in [9.17, 15) is 9.59 Å². The van der Waals surface area contributed by atoms with Crippen molar-refractivity contribution in [1.29, 1.82) is 0 Å². The quantitative estimate of drug-likeness (QED) is 0.865. The average molecular weight is 387 g/mol. The zero-order valence-corrected chi connectivity index (χ0v) is 16.4. The number of amides is 2. The number of rotatable bonds is 4. The number of para-hydroxylation sites is 2. The third-order valence-electron chi connectivity index (χ3n) is 4.64. The van der Waals surface area contributed by atoms with Crippen LogP contribution in [-0.4, -0.2) is 24.5 Å². The molecular formula is C21H23ClN2O3. The van der Waals surface area contributed by atoms with Gasteiger partial charge in [-0.2, -0.15) is 0 Å². The van der Waals surface area contributed by atoms with Crippen LogP contribution in [0.1, 0.15) is 32.4 Å². The standard InChI is InChI=1S/C21H23ClN2O3/c1-13(2)20(15-8-10-16(22)11-9-15)23-21(26)19-12-24(14(3)25)17-6-4-5-7-18(17)27-19/h4-11,13,19-20H,12H2,1-3H3,(H,23,26)/t19-,20-/m0/s1. The molecule has 2 amide bonds. The molecular weight excluding hydrogens is 364 g/mol. The predicted molar refractivity (Wildman–Crippen MR) is 106 cm³/mol. The van der Waals surface area contributed by atoms with Crippen molar-refractivity contribution in [1.82, 2.24) is 5.32 Å². The van der Waals surface area contributed by atoms with E-state index in [2.05, 4.69) is 5.32 Å². The maximum atomic E-state index is 12.9. The molecule has 0 radical (unpaired) electrons. The molecule has 2 aromatic rings. The lowest BCUT2D eigenvalue weighted by Crippen LogP contribution is -2.51. The number of nitrogens with one attached hydrogen (secondary N) is 1. The fraction of sp³-hybridized carbons (Fsp3) is 0.333. The summed E-state index contributed by atoms with van der Waals surface area (Å²) in [6.45, 7) is 5.75. The molecule has 27 heavy (non-hydrogen) atoms. The maximum Gasteiger partial charge on any atom is 0.263 e. The van der Waals surface area contributed by atoms with Gasteiger partial charge in [0.2, 0.25) is 5.91 Å². The minimum atomic E-state index is -0.766. The highest BCUT2D eigenvalue weighted by Gasteiger charge is 2.33. The van der Waals surface area contributed by atoms with Gasteiger partial charge in [-0.25, -0.2) is 0 Å². The normalized spacial score (nSPS) is 17.1. The molecule has 2 atom stereocenters. The predicted octanol–water partition coefficient (Wildman–Crippen LogP) is 3.97. The third kappa shape index (κ3) is 4.25. The summed E-state index contributed by atoms with van der Waals surface area (Å²) in [4.78, 5) is 26.5. The van der Waals surface area contributed by atoms with Crippen LogP contribution >= 0.6 is 11.6 Å². The van der Waals surface area contributed by atoms with Gasteiger partial charge in [0.05, 0.1) is 18.3 Å². The minimum Gasteiger partial charge on any atom is -0.477 e. The Morgan fingerprint density at radius 3 is 2.44 bits per heavy atom. The van der Waals surface area contributed by atoms with Crippen LogP contribution < -0.4 is 15.0 Å². The molecule has 1 heterocycles. The van der Waals surface area contributed by atoms with E-state index in [0.29, 0.717) is 16.5 Å². The molecule has 2 aromatic carbocycles. The van der Waals surface area contributed by atoms with Crippen molar-refractivity contribution in [2.75, 3.05) is 11.4 Å². The Morgan fingerprint density at radius 1 is 1.15 bits per heavy atom. The summed E-state index contributed by atoms with van der Waals surface area (Å²) in [5, 5.41) is 3.72. The van der Waals surface area contributed by atoms with Crippen molar-refractivity contribution in [2.24, 2.45) is 5.92 Å². The number of nitrogens with zero attached hydrogens (tertiary/aromatic N) is 1. The van der Waals surface area contributed by atoms with E-state index in [1.165, 1.54) is 6.92 Å². The Kier molecular flexibility index (Phi) is 5.71. The lowest BCUT2D eigenvalue weighted by Gasteiger charge is -2.34. The Labute approximate surface area is 164 Å². The molecule has 0 saturated heterocycles. The molecule has 0 saturated carbocycles. The van der Waals surface area contributed by atoms with Crippen LogP contribution in [0.15, 0.2) is 48.5 Å². The Hall–Kier alpha value is -2.53. The van der Waals surface area contributed by atoms with Crippen molar-refractivity contribution >= 4 is 29.1 Å². The number of anilines is 1. The summed E-state index contributed by atoms with van der Waals surface area (Å²) < 4.78 is 5.88. The Morgan fingerprint density at radius 2 is 1.81 bits per heavy atom. The maximum absolute atomic E-state index is 12.9. The first-order valence-electron chi connectivity index (χ1n) is 8.96. The molecule has 0 unspecified atom stereocenters. The van der Waals surface area contributed by atoms with E-state index < -0.39 is 6.10 Å². The van der Waals surface area contributed by atoms with Crippen LogP contribution in [-0.2, 0) is 9.59 Å². The lowest BCUT2D eigenvalue weighted by atomic mass is 9.95. The molecule has 1 aliphatic rings. The first-order valence-corrected chi connectivity index (χ1v) is 9.34. The molecule has 1 aliphatic heterocycles. The molecule has 3 rings (SSSR count). The topological polar surface area (TPSA) is 58.6 Å². The summed E-state index contributed by atoms with van der Waals surface area (Å²) >= 11 is 5.97. The third-order valence-corrected chi connectivity index (χ3v) is 4.89. The Bertz CT molecular complexity index is 836. The van der Waals surface area contributed by atoms with E-state index in [4.69, 9.17) is 16.3 Å². The van der Waals surface area contributed by atoms with Gasteiger partial charge >= 0.3 is 0 Å². The number of hydrogen-bond acceptors (Lipinski definition) is 3. The number of hydrogen-bond donors (Lipinski definition) is 1. The number of fused-ring (bicyclic) bond motifs is 1. The highest BCUT2D eigenvalue weighted by molar-refractivity contribution is 6.30. The molecule has 0 fully saturated rings. The average Bonchev–Trinajstić information content (AvgIpc) is 2.65. The van der Waals surface area contributed by atoms with Gasteiger partial charge in [-0.3, -0.25) is 9.59 Å². The van der Waals surface area contributed by atoms with Crippen LogP contribution in [0.5, 0.6) is 5.75 Å². The fourth-order valence-corrected chi connectivity index (χ4v) is 3.35. The molecule has 1 N–H and O–H groups in total. The van der Waals surface area contributed by atoms with E-state index in [1.54, 1.807) is 11.0 Å². The first kappa shape index (κ1) is 19.2. The number of benzene rings is 2. The van der Waals surface area contributed by atoms with Crippen molar-refractivity contribution in [2.45, 2.75) is 32.9 Å². The van der Waals surface area contributed by atoms with Gasteiger partial charge in [0.25, 0.3) is 5.91 Å². The smallest absolute Gasteiger partial charge is 0.263 e. The molecule has 142 valence electrons. The summed E-state index contributed by atoms with van der Waals surface area (Å²) in [5.74, 6) is 0.340. The summed E-state index contributed by atoms with van der Waals surface area (Å²) in [5.41, 5.74) is 1.66. The van der Waals surface area contributed by atoms with Crippen LogP contribution in [0.4, 0.5) is 5.69 Å². The zero-order valence-electron chi connectivity index (χ0n) is 15.6. The molecule has 6 heteroatoms. The fourth-order valence-electron chi connectivity index (χ4n) is 3.22. The number of halogens is 1. The van der Waals surface area contributed by atoms with Gasteiger partial charge in [-0.1, -0.05) is 49.7 Å². The van der Waals surface area contributed by atoms with Crippen molar-refractivity contribution in [3.63, 3.8) is 0 Å². The highest BCUT2D eigenvalue weighted by Crippen LogP contribution is 2.33. The van der Waals surface area contributed by atoms with E-state index in [1.807, 2.05) is 56.3 Å². The van der Waals surface area contributed by atoms with E-state index in [-0.39, 0.29) is 30.3 Å². The second-order valence-corrected chi connectivity index (χ2v) is 7.42. The highest BCUT2D eigenvalue weighted by atomic mass is 35.5. The van der Waals surface area contributed by atoms with E-state index >= 15 is 0 Å². The Balaban J connectivity index is 1.80. The van der Waals surface area contributed by atoms with Crippen molar-refractivity contribution in [3.8, 4) is 5.75 Å². The van der Waals surface area contributed by atoms with Crippen LogP contribution in [0.25, 0.3) is 0 Å². The summed E-state index contributed by atoms with van der Waals surface area (Å²) in [7, 11) is 0. The summed E-state index contributed by atoms with van der Waals surface area (Å²) in [6.07, 6.45) is -0.766. The molecule has 0 aliphatic carbocycles.